The highest BCUT2D eigenvalue weighted by atomic mass is 32.2. The fraction of sp³-hybridized carbons (Fsp3) is 0.545. The minimum Gasteiger partial charge on any atom is -0.387 e. The number of pyridine rings is 1. The number of aliphatic hydroxyl groups excluding tert-OH is 1. The van der Waals surface area contributed by atoms with Crippen molar-refractivity contribution in [1.82, 2.24) is 4.98 Å². The van der Waals surface area contributed by atoms with E-state index < -0.39 is 0 Å². The smallest absolute Gasteiger partial charge is 0.0895 e. The quantitative estimate of drug-likeness (QED) is 0.760. The lowest BCUT2D eigenvalue weighted by molar-refractivity contribution is 0.203. The molecule has 2 nitrogen and oxygen atoms in total. The molecule has 0 aliphatic heterocycles. The van der Waals surface area contributed by atoms with Crippen LogP contribution in [0.3, 0.4) is 0 Å². The van der Waals surface area contributed by atoms with Crippen LogP contribution < -0.4 is 0 Å². The molecular weight excluding hydrogens is 194 g/mol. The topological polar surface area (TPSA) is 33.1 Å². The molecule has 0 spiro atoms. The first kappa shape index (κ1) is 11.5. The Labute approximate surface area is 89.8 Å². The molecule has 1 aromatic heterocycles. The van der Waals surface area contributed by atoms with Gasteiger partial charge >= 0.3 is 0 Å². The first-order chi connectivity index (χ1) is 6.74. The Morgan fingerprint density at radius 1 is 1.50 bits per heavy atom. The van der Waals surface area contributed by atoms with Gasteiger partial charge in [-0.05, 0) is 30.7 Å². The van der Waals surface area contributed by atoms with Crippen LogP contribution in [0.4, 0.5) is 0 Å². The van der Waals surface area contributed by atoms with Crippen LogP contribution >= 0.6 is 11.8 Å². The number of hydrogen-bond acceptors (Lipinski definition) is 3. The number of aliphatic hydroxyl groups is 1. The molecule has 1 rings (SSSR count). The molecule has 1 N–H and O–H groups in total. The predicted octanol–water partition coefficient (Wildman–Crippen LogP) is 2.57. The summed E-state index contributed by atoms with van der Waals surface area (Å²) in [7, 11) is 0. The Balaban J connectivity index is 2.43. The van der Waals surface area contributed by atoms with Gasteiger partial charge in [0.1, 0.15) is 0 Å². The molecule has 78 valence electrons. The van der Waals surface area contributed by atoms with E-state index in [1.165, 1.54) is 0 Å². The molecule has 1 heterocycles. The summed E-state index contributed by atoms with van der Waals surface area (Å²) in [5.74, 6) is 1.87. The zero-order valence-corrected chi connectivity index (χ0v) is 9.55. The zero-order valence-electron chi connectivity index (χ0n) is 8.73. The van der Waals surface area contributed by atoms with Crippen molar-refractivity contribution in [2.75, 3.05) is 11.5 Å². The number of thioether (sulfide) groups is 1. The van der Waals surface area contributed by atoms with E-state index >= 15 is 0 Å². The maximum absolute atomic E-state index is 9.78. The van der Waals surface area contributed by atoms with E-state index in [0.717, 1.165) is 29.2 Å². The van der Waals surface area contributed by atoms with Crippen LogP contribution in [0.15, 0.2) is 18.3 Å². The molecule has 1 atom stereocenters. The molecule has 0 fully saturated rings. The van der Waals surface area contributed by atoms with E-state index in [2.05, 4.69) is 11.9 Å². The van der Waals surface area contributed by atoms with Crippen LogP contribution in [-0.4, -0.2) is 21.6 Å². The molecule has 0 saturated carbocycles. The van der Waals surface area contributed by atoms with Gasteiger partial charge in [-0.15, -0.1) is 0 Å². The summed E-state index contributed by atoms with van der Waals surface area (Å²) < 4.78 is 0. The Morgan fingerprint density at radius 2 is 2.29 bits per heavy atom. The lowest BCUT2D eigenvalue weighted by Gasteiger charge is -2.09. The summed E-state index contributed by atoms with van der Waals surface area (Å²) in [5, 5.41) is 9.78. The standard InChI is InChI=1S/C11H17NOS/c1-3-6-14-8-11(13)10-5-4-9(2)12-7-10/h4-5,7,11,13H,3,6,8H2,1-2H3. The largest absolute Gasteiger partial charge is 0.387 e. The Bertz CT molecular complexity index is 260. The second-order valence-corrected chi connectivity index (χ2v) is 4.47. The molecule has 1 unspecified atom stereocenters. The maximum Gasteiger partial charge on any atom is 0.0895 e. The van der Waals surface area contributed by atoms with Crippen molar-refractivity contribution in [2.24, 2.45) is 0 Å². The SMILES string of the molecule is CCCSCC(O)c1ccc(C)nc1. The van der Waals surface area contributed by atoms with Gasteiger partial charge in [0.05, 0.1) is 6.10 Å². The first-order valence-electron chi connectivity index (χ1n) is 4.92. The Hall–Kier alpha value is -0.540. The molecule has 0 aliphatic rings. The van der Waals surface area contributed by atoms with Crippen LogP contribution in [0, 0.1) is 6.92 Å². The van der Waals surface area contributed by atoms with Gasteiger partial charge in [0.15, 0.2) is 0 Å². The summed E-state index contributed by atoms with van der Waals surface area (Å²) in [6.45, 7) is 4.09. The van der Waals surface area contributed by atoms with E-state index in [1.54, 1.807) is 18.0 Å². The van der Waals surface area contributed by atoms with E-state index in [0.29, 0.717) is 0 Å². The van der Waals surface area contributed by atoms with Crippen molar-refractivity contribution in [3.8, 4) is 0 Å². The van der Waals surface area contributed by atoms with Crippen molar-refractivity contribution < 1.29 is 5.11 Å². The summed E-state index contributed by atoms with van der Waals surface area (Å²) >= 11 is 1.78. The van der Waals surface area contributed by atoms with Gasteiger partial charge in [-0.2, -0.15) is 11.8 Å². The molecule has 0 amide bonds. The molecular formula is C11H17NOS. The summed E-state index contributed by atoms with van der Waals surface area (Å²) in [5.41, 5.74) is 1.90. The van der Waals surface area contributed by atoms with Crippen LogP contribution in [0.2, 0.25) is 0 Å². The normalized spacial score (nSPS) is 12.8. The van der Waals surface area contributed by atoms with Crippen LogP contribution in [0.5, 0.6) is 0 Å². The average molecular weight is 211 g/mol. The average Bonchev–Trinajstić information content (AvgIpc) is 2.19. The van der Waals surface area contributed by atoms with Gasteiger partial charge in [-0.3, -0.25) is 4.98 Å². The highest BCUT2D eigenvalue weighted by Gasteiger charge is 2.06. The number of rotatable bonds is 5. The second-order valence-electron chi connectivity index (χ2n) is 3.32. The van der Waals surface area contributed by atoms with Crippen molar-refractivity contribution in [3.05, 3.63) is 29.6 Å². The van der Waals surface area contributed by atoms with Gasteiger partial charge in [-0.1, -0.05) is 13.0 Å². The minimum atomic E-state index is -0.375. The third-order valence-corrected chi connectivity index (χ3v) is 3.19. The molecule has 14 heavy (non-hydrogen) atoms. The van der Waals surface area contributed by atoms with Gasteiger partial charge < -0.3 is 5.11 Å². The predicted molar refractivity (Wildman–Crippen MR) is 61.5 cm³/mol. The van der Waals surface area contributed by atoms with Crippen molar-refractivity contribution >= 4 is 11.8 Å². The summed E-state index contributed by atoms with van der Waals surface area (Å²) in [6.07, 6.45) is 2.54. The minimum absolute atomic E-state index is 0.375. The van der Waals surface area contributed by atoms with Crippen LogP contribution in [0.25, 0.3) is 0 Å². The lowest BCUT2D eigenvalue weighted by Crippen LogP contribution is -2.01. The van der Waals surface area contributed by atoms with E-state index in [4.69, 9.17) is 0 Å². The highest BCUT2D eigenvalue weighted by molar-refractivity contribution is 7.99. The van der Waals surface area contributed by atoms with Gasteiger partial charge in [0.2, 0.25) is 0 Å². The van der Waals surface area contributed by atoms with Crippen molar-refractivity contribution in [3.63, 3.8) is 0 Å². The highest BCUT2D eigenvalue weighted by Crippen LogP contribution is 2.17. The molecule has 3 heteroatoms. The van der Waals surface area contributed by atoms with Crippen molar-refractivity contribution in [1.29, 1.82) is 0 Å². The second kappa shape index (κ2) is 6.04. The fourth-order valence-corrected chi connectivity index (χ4v) is 1.98. The van der Waals surface area contributed by atoms with Gasteiger partial charge in [0.25, 0.3) is 0 Å². The van der Waals surface area contributed by atoms with Gasteiger partial charge in [-0.25, -0.2) is 0 Å². The first-order valence-corrected chi connectivity index (χ1v) is 6.08. The van der Waals surface area contributed by atoms with Crippen molar-refractivity contribution in [2.45, 2.75) is 26.4 Å². The molecule has 1 aromatic rings. The van der Waals surface area contributed by atoms with E-state index in [9.17, 15) is 5.11 Å². The van der Waals surface area contributed by atoms with Gasteiger partial charge in [0, 0.05) is 17.6 Å². The van der Waals surface area contributed by atoms with E-state index in [1.807, 2.05) is 19.1 Å². The zero-order chi connectivity index (χ0) is 10.4. The van der Waals surface area contributed by atoms with Crippen LogP contribution in [-0.2, 0) is 0 Å². The third-order valence-electron chi connectivity index (χ3n) is 1.94. The third kappa shape index (κ3) is 3.68. The van der Waals surface area contributed by atoms with E-state index in [-0.39, 0.29) is 6.10 Å². The lowest BCUT2D eigenvalue weighted by atomic mass is 10.2. The molecule has 0 radical (unpaired) electrons. The maximum atomic E-state index is 9.78. The number of nitrogens with zero attached hydrogens (tertiary/aromatic N) is 1. The number of aromatic nitrogens is 1. The molecule has 0 bridgehead atoms. The monoisotopic (exact) mass is 211 g/mol. The molecule has 0 saturated heterocycles. The summed E-state index contributed by atoms with van der Waals surface area (Å²) in [6, 6.07) is 3.88. The Morgan fingerprint density at radius 3 is 2.86 bits per heavy atom. The van der Waals surface area contributed by atoms with Crippen LogP contribution in [0.1, 0.15) is 30.7 Å². The number of aryl methyl sites for hydroxylation is 1. The summed E-state index contributed by atoms with van der Waals surface area (Å²) in [4.78, 5) is 4.16. The Kier molecular flexibility index (Phi) is 4.98. The molecule has 0 aromatic carbocycles. The fourth-order valence-electron chi connectivity index (χ4n) is 1.11. The number of hydrogen-bond donors (Lipinski definition) is 1. The molecule has 0 aliphatic carbocycles.